The van der Waals surface area contributed by atoms with Gasteiger partial charge >= 0.3 is 0 Å². The van der Waals surface area contributed by atoms with Crippen LogP contribution in [0.25, 0.3) is 6.08 Å². The van der Waals surface area contributed by atoms with E-state index in [2.05, 4.69) is 27.9 Å². The lowest BCUT2D eigenvalue weighted by molar-refractivity contribution is -0.112. The van der Waals surface area contributed by atoms with Crippen LogP contribution in [0.15, 0.2) is 60.2 Å². The molecular weight excluding hydrogens is 605 g/mol. The third-order valence-electron chi connectivity index (χ3n) is 4.19. The number of benzene rings is 3. The van der Waals surface area contributed by atoms with Crippen LogP contribution in [0.2, 0.25) is 20.1 Å². The van der Waals surface area contributed by atoms with Crippen LogP contribution in [0.1, 0.15) is 11.1 Å². The number of carbonyl (C=O) groups excluding carboxylic acids is 1. The summed E-state index contributed by atoms with van der Waals surface area (Å²) in [5.41, 5.74) is 1.93. The van der Waals surface area contributed by atoms with Crippen LogP contribution in [0.4, 0.5) is 5.69 Å². The maximum atomic E-state index is 12.5. The fourth-order valence-corrected chi connectivity index (χ4v) is 3.92. The number of hydrogen-bond donors (Lipinski definition) is 1. The predicted molar refractivity (Wildman–Crippen MR) is 139 cm³/mol. The molecule has 0 bridgehead atoms. The molecule has 1 amide bonds. The number of nitrogens with one attached hydrogen (secondary N) is 1. The zero-order valence-electron chi connectivity index (χ0n) is 16.1. The quantitative estimate of drug-likeness (QED) is 0.173. The fraction of sp³-hybridized carbons (Fsp3) is 0.0435. The van der Waals surface area contributed by atoms with Crippen molar-refractivity contribution >= 4 is 86.7 Å². The van der Waals surface area contributed by atoms with E-state index in [0.717, 1.165) is 9.13 Å². The van der Waals surface area contributed by atoms with Crippen LogP contribution in [-0.2, 0) is 11.4 Å². The minimum absolute atomic E-state index is 0.0589. The van der Waals surface area contributed by atoms with Gasteiger partial charge in [0.25, 0.3) is 5.91 Å². The third kappa shape index (κ3) is 6.53. The van der Waals surface area contributed by atoms with Gasteiger partial charge in [-0.05, 0) is 82.3 Å². The number of anilines is 1. The first kappa shape index (κ1) is 24.7. The Hall–Kier alpha value is -1.95. The Kier molecular flexibility index (Phi) is 8.69. The van der Waals surface area contributed by atoms with E-state index < -0.39 is 5.91 Å². The SMILES string of the molecule is N#C/C(=C\c1ccc(OCc2ccc(Cl)c(Cl)c2)c(I)c1)C(=O)Nc1ccc(Cl)c(Cl)c1. The molecule has 0 aliphatic rings. The number of carbonyl (C=O) groups is 1. The molecular formula is C23H13Cl4IN2O2. The Labute approximate surface area is 218 Å². The Balaban J connectivity index is 1.71. The van der Waals surface area contributed by atoms with E-state index in [4.69, 9.17) is 51.1 Å². The average Bonchev–Trinajstić information content (AvgIpc) is 2.76. The first-order valence-corrected chi connectivity index (χ1v) is 11.6. The maximum Gasteiger partial charge on any atom is 0.266 e. The lowest BCUT2D eigenvalue weighted by Gasteiger charge is -2.10. The highest BCUT2D eigenvalue weighted by atomic mass is 127. The molecule has 0 saturated heterocycles. The number of ether oxygens (including phenoxy) is 1. The molecule has 0 radical (unpaired) electrons. The van der Waals surface area contributed by atoms with Crippen molar-refractivity contribution in [2.24, 2.45) is 0 Å². The second kappa shape index (κ2) is 11.3. The normalized spacial score (nSPS) is 11.1. The summed E-state index contributed by atoms with van der Waals surface area (Å²) in [5.74, 6) is 0.105. The highest BCUT2D eigenvalue weighted by molar-refractivity contribution is 14.1. The van der Waals surface area contributed by atoms with E-state index in [-0.39, 0.29) is 5.57 Å². The molecule has 0 saturated carbocycles. The molecule has 3 rings (SSSR count). The van der Waals surface area contributed by atoms with Gasteiger partial charge in [0, 0.05) is 5.69 Å². The van der Waals surface area contributed by atoms with Crippen molar-refractivity contribution in [3.8, 4) is 11.8 Å². The van der Waals surface area contributed by atoms with Gasteiger partial charge in [-0.2, -0.15) is 5.26 Å². The summed E-state index contributed by atoms with van der Waals surface area (Å²) in [4.78, 5) is 12.5. The highest BCUT2D eigenvalue weighted by Gasteiger charge is 2.12. The lowest BCUT2D eigenvalue weighted by atomic mass is 10.1. The molecule has 32 heavy (non-hydrogen) atoms. The molecule has 4 nitrogen and oxygen atoms in total. The number of rotatable bonds is 6. The minimum atomic E-state index is -0.555. The lowest BCUT2D eigenvalue weighted by Crippen LogP contribution is -2.13. The second-order valence-electron chi connectivity index (χ2n) is 6.48. The molecule has 0 aliphatic carbocycles. The van der Waals surface area contributed by atoms with Crippen molar-refractivity contribution in [1.29, 1.82) is 5.26 Å². The molecule has 0 heterocycles. The monoisotopic (exact) mass is 616 g/mol. The number of nitriles is 1. The smallest absolute Gasteiger partial charge is 0.266 e. The second-order valence-corrected chi connectivity index (χ2v) is 9.27. The molecule has 3 aromatic rings. The number of hydrogen-bond acceptors (Lipinski definition) is 3. The summed E-state index contributed by atoms with van der Waals surface area (Å²) >= 11 is 25.9. The predicted octanol–water partition coefficient (Wildman–Crippen LogP) is 8.03. The Morgan fingerprint density at radius 3 is 2.28 bits per heavy atom. The van der Waals surface area contributed by atoms with Crippen molar-refractivity contribution in [2.75, 3.05) is 5.32 Å². The summed E-state index contributed by atoms with van der Waals surface area (Å²) in [6.45, 7) is 0.317. The molecule has 3 aromatic carbocycles. The Morgan fingerprint density at radius 1 is 0.969 bits per heavy atom. The van der Waals surface area contributed by atoms with Gasteiger partial charge in [0.1, 0.15) is 24.0 Å². The van der Waals surface area contributed by atoms with E-state index in [0.29, 0.717) is 43.7 Å². The molecule has 1 N–H and O–H groups in total. The van der Waals surface area contributed by atoms with Crippen molar-refractivity contribution < 1.29 is 9.53 Å². The van der Waals surface area contributed by atoms with Crippen molar-refractivity contribution in [1.82, 2.24) is 0 Å². The Bertz CT molecular complexity index is 1260. The van der Waals surface area contributed by atoms with Crippen LogP contribution in [-0.4, -0.2) is 5.91 Å². The minimum Gasteiger partial charge on any atom is -0.488 e. The highest BCUT2D eigenvalue weighted by Crippen LogP contribution is 2.27. The van der Waals surface area contributed by atoms with Gasteiger partial charge in [-0.15, -0.1) is 0 Å². The van der Waals surface area contributed by atoms with Crippen molar-refractivity contribution in [3.05, 3.63) is 95.0 Å². The molecule has 0 aliphatic heterocycles. The standard InChI is InChI=1S/C23H13Cl4IN2O2/c24-17-4-1-14(8-19(17)26)12-32-22-6-2-13(9-21(22)28)7-15(11-29)23(31)30-16-3-5-18(25)20(27)10-16/h1-10H,12H2,(H,30,31)/b15-7+. The average molecular weight is 618 g/mol. The van der Waals surface area contributed by atoms with Crippen LogP contribution < -0.4 is 10.1 Å². The first-order chi connectivity index (χ1) is 15.3. The molecule has 0 aromatic heterocycles. The molecule has 0 atom stereocenters. The number of amides is 1. The van der Waals surface area contributed by atoms with Crippen LogP contribution in [0, 0.1) is 14.9 Å². The molecule has 0 fully saturated rings. The fourth-order valence-electron chi connectivity index (χ4n) is 2.60. The summed E-state index contributed by atoms with van der Waals surface area (Å²) in [5, 5.41) is 13.7. The van der Waals surface area contributed by atoms with Crippen molar-refractivity contribution in [3.63, 3.8) is 0 Å². The zero-order chi connectivity index (χ0) is 23.3. The Morgan fingerprint density at radius 2 is 1.66 bits per heavy atom. The van der Waals surface area contributed by atoms with E-state index in [1.165, 1.54) is 12.1 Å². The summed E-state index contributed by atoms with van der Waals surface area (Å²) in [6, 6.07) is 17.3. The summed E-state index contributed by atoms with van der Waals surface area (Å²) < 4.78 is 6.67. The van der Waals surface area contributed by atoms with Gasteiger partial charge in [0.05, 0.1) is 23.7 Å². The van der Waals surface area contributed by atoms with Crippen LogP contribution in [0.5, 0.6) is 5.75 Å². The largest absolute Gasteiger partial charge is 0.488 e. The summed E-state index contributed by atoms with van der Waals surface area (Å²) in [7, 11) is 0. The molecule has 0 spiro atoms. The third-order valence-corrected chi connectivity index (χ3v) is 6.51. The topological polar surface area (TPSA) is 62.1 Å². The van der Waals surface area contributed by atoms with Gasteiger partial charge in [-0.25, -0.2) is 0 Å². The number of nitrogens with zero attached hydrogens (tertiary/aromatic N) is 1. The maximum absolute atomic E-state index is 12.5. The van der Waals surface area contributed by atoms with Crippen LogP contribution in [0.3, 0.4) is 0 Å². The zero-order valence-corrected chi connectivity index (χ0v) is 21.3. The molecule has 9 heteroatoms. The first-order valence-electron chi connectivity index (χ1n) is 9.01. The van der Waals surface area contributed by atoms with E-state index in [1.54, 1.807) is 36.4 Å². The van der Waals surface area contributed by atoms with Crippen LogP contribution >= 0.6 is 69.0 Å². The van der Waals surface area contributed by atoms with E-state index in [9.17, 15) is 10.1 Å². The van der Waals surface area contributed by atoms with E-state index >= 15 is 0 Å². The van der Waals surface area contributed by atoms with E-state index in [1.807, 2.05) is 18.2 Å². The number of halogens is 5. The molecule has 0 unspecified atom stereocenters. The van der Waals surface area contributed by atoms with Gasteiger partial charge in [0.15, 0.2) is 0 Å². The van der Waals surface area contributed by atoms with Gasteiger partial charge < -0.3 is 10.1 Å². The molecule has 162 valence electrons. The van der Waals surface area contributed by atoms with Gasteiger partial charge in [0.2, 0.25) is 0 Å². The van der Waals surface area contributed by atoms with Gasteiger partial charge in [-0.1, -0.05) is 58.5 Å². The van der Waals surface area contributed by atoms with Crippen molar-refractivity contribution in [2.45, 2.75) is 6.61 Å². The summed E-state index contributed by atoms with van der Waals surface area (Å²) in [6.07, 6.45) is 1.50. The van der Waals surface area contributed by atoms with Gasteiger partial charge in [-0.3, -0.25) is 4.79 Å².